The number of nitrogen functional groups attached to an aromatic ring is 1. The number of aryl methyl sites for hydroxylation is 1. The smallest absolute Gasteiger partial charge is 0.343 e. The van der Waals surface area contributed by atoms with Crippen molar-refractivity contribution in [3.8, 4) is 16.9 Å². The Bertz CT molecular complexity index is 626. The monoisotopic (exact) mass is 272 g/mol. The van der Waals surface area contributed by atoms with Gasteiger partial charge in [-0.05, 0) is 42.3 Å². The largest absolute Gasteiger partial charge is 0.482 e. The van der Waals surface area contributed by atoms with E-state index in [1.54, 1.807) is 12.3 Å². The maximum absolute atomic E-state index is 11.1. The van der Waals surface area contributed by atoms with Crippen LogP contribution in [0.15, 0.2) is 36.5 Å². The third-order valence-electron chi connectivity index (χ3n) is 2.74. The molecule has 5 heteroatoms. The molecule has 2 rings (SSSR count). The Morgan fingerprint density at radius 2 is 2.05 bits per heavy atom. The van der Waals surface area contributed by atoms with Gasteiger partial charge in [0, 0.05) is 23.6 Å². The lowest BCUT2D eigenvalue weighted by Gasteiger charge is -2.09. The highest BCUT2D eigenvalue weighted by molar-refractivity contribution is 5.72. The number of methoxy groups -OCH3 is 1. The summed E-state index contributed by atoms with van der Waals surface area (Å²) in [6, 6.07) is 9.19. The number of ether oxygens (including phenoxy) is 2. The lowest BCUT2D eigenvalue weighted by molar-refractivity contribution is -0.142. The Kier molecular flexibility index (Phi) is 4.20. The van der Waals surface area contributed by atoms with Gasteiger partial charge in [0.25, 0.3) is 0 Å². The van der Waals surface area contributed by atoms with Crippen molar-refractivity contribution in [3.05, 3.63) is 42.2 Å². The fraction of sp³-hybridized carbons (Fsp3) is 0.200. The molecule has 0 radical (unpaired) electrons. The van der Waals surface area contributed by atoms with Gasteiger partial charge >= 0.3 is 5.97 Å². The molecule has 2 aromatic rings. The summed E-state index contributed by atoms with van der Waals surface area (Å²) < 4.78 is 9.89. The number of benzene rings is 1. The number of carbonyl (C=O) groups is 1. The molecule has 0 fully saturated rings. The standard InChI is InChI=1S/C15H16N2O3/c1-10-5-11(3-4-17-10)12-6-13(16)8-14(7-12)20-9-15(18)19-2/h3-8H,9,16H2,1-2H3. The van der Waals surface area contributed by atoms with Crippen molar-refractivity contribution >= 4 is 11.7 Å². The van der Waals surface area contributed by atoms with Gasteiger partial charge < -0.3 is 15.2 Å². The van der Waals surface area contributed by atoms with Crippen LogP contribution in [0.3, 0.4) is 0 Å². The SMILES string of the molecule is COC(=O)COc1cc(N)cc(-c2ccnc(C)c2)c1. The number of nitrogens with zero attached hydrogens (tertiary/aromatic N) is 1. The number of pyridine rings is 1. The van der Waals surface area contributed by atoms with Crippen molar-refractivity contribution in [3.63, 3.8) is 0 Å². The van der Waals surface area contributed by atoms with Gasteiger partial charge in [0.05, 0.1) is 7.11 Å². The molecule has 0 amide bonds. The van der Waals surface area contributed by atoms with Crippen LogP contribution < -0.4 is 10.5 Å². The zero-order chi connectivity index (χ0) is 14.5. The van der Waals surface area contributed by atoms with Gasteiger partial charge in [-0.25, -0.2) is 4.79 Å². The Balaban J connectivity index is 2.26. The number of aromatic nitrogens is 1. The van der Waals surface area contributed by atoms with E-state index in [9.17, 15) is 4.79 Å². The van der Waals surface area contributed by atoms with E-state index in [0.717, 1.165) is 16.8 Å². The average molecular weight is 272 g/mol. The molecule has 0 aliphatic heterocycles. The maximum atomic E-state index is 11.1. The van der Waals surface area contributed by atoms with E-state index < -0.39 is 5.97 Å². The molecule has 0 atom stereocenters. The van der Waals surface area contributed by atoms with Gasteiger partial charge in [-0.2, -0.15) is 0 Å². The second-order valence-electron chi connectivity index (χ2n) is 4.34. The lowest BCUT2D eigenvalue weighted by atomic mass is 10.1. The fourth-order valence-electron chi connectivity index (χ4n) is 1.80. The molecular weight excluding hydrogens is 256 g/mol. The van der Waals surface area contributed by atoms with Crippen LogP contribution in [0.1, 0.15) is 5.69 Å². The third kappa shape index (κ3) is 3.47. The van der Waals surface area contributed by atoms with Crippen molar-refractivity contribution < 1.29 is 14.3 Å². The minimum Gasteiger partial charge on any atom is -0.482 e. The molecule has 2 N–H and O–H groups in total. The summed E-state index contributed by atoms with van der Waals surface area (Å²) in [5.74, 6) is 0.0913. The second kappa shape index (κ2) is 6.06. The summed E-state index contributed by atoms with van der Waals surface area (Å²) in [5, 5.41) is 0. The first kappa shape index (κ1) is 13.9. The first-order valence-electron chi connectivity index (χ1n) is 6.11. The van der Waals surface area contributed by atoms with Crippen molar-refractivity contribution in [2.24, 2.45) is 0 Å². The van der Waals surface area contributed by atoms with Crippen molar-refractivity contribution in [2.75, 3.05) is 19.5 Å². The molecule has 0 saturated carbocycles. The number of hydrogen-bond donors (Lipinski definition) is 1. The minimum atomic E-state index is -0.436. The maximum Gasteiger partial charge on any atom is 0.343 e. The zero-order valence-corrected chi connectivity index (χ0v) is 11.4. The number of rotatable bonds is 4. The van der Waals surface area contributed by atoms with E-state index in [1.165, 1.54) is 7.11 Å². The topological polar surface area (TPSA) is 74.4 Å². The zero-order valence-electron chi connectivity index (χ0n) is 11.4. The molecule has 104 valence electrons. The van der Waals surface area contributed by atoms with Gasteiger partial charge in [0.2, 0.25) is 0 Å². The van der Waals surface area contributed by atoms with E-state index in [2.05, 4.69) is 9.72 Å². The second-order valence-corrected chi connectivity index (χ2v) is 4.34. The van der Waals surface area contributed by atoms with Crippen LogP contribution in [0.25, 0.3) is 11.1 Å². The van der Waals surface area contributed by atoms with E-state index in [0.29, 0.717) is 11.4 Å². The Morgan fingerprint density at radius 1 is 1.25 bits per heavy atom. The summed E-state index contributed by atoms with van der Waals surface area (Å²) in [6.45, 7) is 1.78. The van der Waals surface area contributed by atoms with Crippen molar-refractivity contribution in [2.45, 2.75) is 6.92 Å². The molecule has 0 bridgehead atoms. The van der Waals surface area contributed by atoms with Crippen LogP contribution in [0.4, 0.5) is 5.69 Å². The van der Waals surface area contributed by atoms with Crippen LogP contribution in [0, 0.1) is 6.92 Å². The molecule has 5 nitrogen and oxygen atoms in total. The van der Waals surface area contributed by atoms with Gasteiger partial charge in [-0.1, -0.05) is 0 Å². The van der Waals surface area contributed by atoms with Crippen molar-refractivity contribution in [1.82, 2.24) is 4.98 Å². The summed E-state index contributed by atoms with van der Waals surface area (Å²) >= 11 is 0. The first-order chi connectivity index (χ1) is 9.58. The van der Waals surface area contributed by atoms with Gasteiger partial charge in [-0.3, -0.25) is 4.98 Å². The number of esters is 1. The molecule has 0 spiro atoms. The fourth-order valence-corrected chi connectivity index (χ4v) is 1.80. The normalized spacial score (nSPS) is 10.1. The molecule has 0 unspecified atom stereocenters. The Hall–Kier alpha value is -2.56. The van der Waals surface area contributed by atoms with E-state index in [-0.39, 0.29) is 6.61 Å². The highest BCUT2D eigenvalue weighted by atomic mass is 16.6. The van der Waals surface area contributed by atoms with Gasteiger partial charge in [-0.15, -0.1) is 0 Å². The predicted octanol–water partition coefficient (Wildman–Crippen LogP) is 2.19. The Labute approximate surface area is 117 Å². The molecule has 1 heterocycles. The summed E-state index contributed by atoms with van der Waals surface area (Å²) in [4.78, 5) is 15.2. The molecular formula is C15H16N2O3. The minimum absolute atomic E-state index is 0.144. The van der Waals surface area contributed by atoms with Crippen molar-refractivity contribution in [1.29, 1.82) is 0 Å². The molecule has 1 aromatic heterocycles. The molecule has 0 aliphatic carbocycles. The van der Waals surface area contributed by atoms with Gasteiger partial charge in [0.15, 0.2) is 6.61 Å². The summed E-state index contributed by atoms with van der Waals surface area (Å²) in [7, 11) is 1.32. The molecule has 20 heavy (non-hydrogen) atoms. The number of hydrogen-bond acceptors (Lipinski definition) is 5. The molecule has 0 aliphatic rings. The predicted molar refractivity (Wildman–Crippen MR) is 76.3 cm³/mol. The van der Waals surface area contributed by atoms with Crippen LogP contribution in [0.5, 0.6) is 5.75 Å². The Morgan fingerprint density at radius 3 is 2.75 bits per heavy atom. The first-order valence-corrected chi connectivity index (χ1v) is 6.11. The summed E-state index contributed by atoms with van der Waals surface area (Å²) in [6.07, 6.45) is 1.74. The highest BCUT2D eigenvalue weighted by Crippen LogP contribution is 2.27. The van der Waals surface area contributed by atoms with Crippen LogP contribution in [0.2, 0.25) is 0 Å². The third-order valence-corrected chi connectivity index (χ3v) is 2.74. The molecule has 0 saturated heterocycles. The highest BCUT2D eigenvalue weighted by Gasteiger charge is 2.06. The van der Waals surface area contributed by atoms with E-state index >= 15 is 0 Å². The van der Waals surface area contributed by atoms with E-state index in [4.69, 9.17) is 10.5 Å². The molecule has 1 aromatic carbocycles. The van der Waals surface area contributed by atoms with Crippen LogP contribution >= 0.6 is 0 Å². The van der Waals surface area contributed by atoms with E-state index in [1.807, 2.05) is 31.2 Å². The van der Waals surface area contributed by atoms with Gasteiger partial charge in [0.1, 0.15) is 5.75 Å². The number of carbonyl (C=O) groups excluding carboxylic acids is 1. The van der Waals surface area contributed by atoms with Crippen LogP contribution in [-0.4, -0.2) is 24.7 Å². The number of nitrogens with two attached hydrogens (primary N) is 1. The average Bonchev–Trinajstić information content (AvgIpc) is 2.44. The lowest BCUT2D eigenvalue weighted by Crippen LogP contribution is -2.12. The summed E-state index contributed by atoms with van der Waals surface area (Å²) in [5.41, 5.74) is 9.25. The number of anilines is 1. The van der Waals surface area contributed by atoms with Crippen LogP contribution in [-0.2, 0) is 9.53 Å². The quantitative estimate of drug-likeness (QED) is 0.682.